The summed E-state index contributed by atoms with van der Waals surface area (Å²) in [7, 11) is 0. The van der Waals surface area contributed by atoms with E-state index in [0.29, 0.717) is 17.9 Å². The lowest BCUT2D eigenvalue weighted by Gasteiger charge is -2.33. The number of para-hydroxylation sites is 1. The first-order valence-electron chi connectivity index (χ1n) is 6.64. The molecule has 0 fully saturated rings. The van der Waals surface area contributed by atoms with Crippen molar-refractivity contribution in [3.8, 4) is 5.75 Å². The molecule has 2 atom stereocenters. The molecule has 0 amide bonds. The van der Waals surface area contributed by atoms with Crippen LogP contribution in [0.2, 0.25) is 0 Å². The lowest BCUT2D eigenvalue weighted by Crippen LogP contribution is -2.34. The van der Waals surface area contributed by atoms with E-state index in [1.165, 1.54) is 11.1 Å². The third kappa shape index (κ3) is 2.32. The van der Waals surface area contributed by atoms with Crippen LogP contribution >= 0.6 is 0 Å². The first-order chi connectivity index (χ1) is 8.15. The van der Waals surface area contributed by atoms with Crippen molar-refractivity contribution in [1.29, 1.82) is 0 Å². The second-order valence-corrected chi connectivity index (χ2v) is 5.24. The van der Waals surface area contributed by atoms with Crippen LogP contribution in [-0.2, 0) is 0 Å². The Morgan fingerprint density at radius 3 is 2.82 bits per heavy atom. The van der Waals surface area contributed by atoms with Gasteiger partial charge >= 0.3 is 0 Å². The predicted molar refractivity (Wildman–Crippen MR) is 71.6 cm³/mol. The largest absolute Gasteiger partial charge is 0.493 e. The van der Waals surface area contributed by atoms with Crippen LogP contribution in [-0.4, -0.2) is 13.2 Å². The van der Waals surface area contributed by atoms with Gasteiger partial charge in [0.15, 0.2) is 0 Å². The lowest BCUT2D eigenvalue weighted by molar-refractivity contribution is 0.187. The molecule has 0 saturated carbocycles. The highest BCUT2D eigenvalue weighted by atomic mass is 16.5. The van der Waals surface area contributed by atoms with E-state index in [1.54, 1.807) is 0 Å². The lowest BCUT2D eigenvalue weighted by atomic mass is 9.88. The highest BCUT2D eigenvalue weighted by Crippen LogP contribution is 2.40. The van der Waals surface area contributed by atoms with Crippen molar-refractivity contribution in [1.82, 2.24) is 5.32 Å². The minimum absolute atomic E-state index is 0.433. The molecule has 1 aromatic carbocycles. The summed E-state index contributed by atoms with van der Waals surface area (Å²) >= 11 is 0. The van der Waals surface area contributed by atoms with E-state index in [4.69, 9.17) is 4.74 Å². The van der Waals surface area contributed by atoms with Crippen LogP contribution in [0.4, 0.5) is 0 Å². The second kappa shape index (κ2) is 5.09. The maximum Gasteiger partial charge on any atom is 0.127 e. The number of rotatable bonds is 3. The van der Waals surface area contributed by atoms with Gasteiger partial charge in [-0.2, -0.15) is 0 Å². The molecule has 0 saturated heterocycles. The molecule has 1 aliphatic rings. The summed E-state index contributed by atoms with van der Waals surface area (Å²) in [4.78, 5) is 0. The van der Waals surface area contributed by atoms with E-state index in [1.807, 2.05) is 0 Å². The summed E-state index contributed by atoms with van der Waals surface area (Å²) in [6, 6.07) is 6.97. The van der Waals surface area contributed by atoms with Crippen molar-refractivity contribution in [3.63, 3.8) is 0 Å². The molecule has 94 valence electrons. The number of benzene rings is 1. The quantitative estimate of drug-likeness (QED) is 0.863. The Hall–Kier alpha value is -1.02. The Morgan fingerprint density at radius 1 is 1.41 bits per heavy atom. The van der Waals surface area contributed by atoms with Gasteiger partial charge < -0.3 is 10.1 Å². The predicted octanol–water partition coefficient (Wildman–Crippen LogP) is 3.49. The SMILES string of the molecule is CCNC1c2cccc(C(C)C)c2OCC1C. The maximum atomic E-state index is 5.96. The van der Waals surface area contributed by atoms with Gasteiger partial charge in [-0.15, -0.1) is 0 Å². The van der Waals surface area contributed by atoms with Gasteiger partial charge in [0, 0.05) is 17.5 Å². The molecule has 0 aliphatic carbocycles. The Kier molecular flexibility index (Phi) is 3.72. The van der Waals surface area contributed by atoms with Crippen molar-refractivity contribution in [2.75, 3.05) is 13.2 Å². The topological polar surface area (TPSA) is 21.3 Å². The Morgan fingerprint density at radius 2 is 2.18 bits per heavy atom. The summed E-state index contributed by atoms with van der Waals surface area (Å²) in [5, 5.41) is 3.58. The minimum atomic E-state index is 0.433. The molecule has 1 N–H and O–H groups in total. The van der Waals surface area contributed by atoms with Gasteiger partial charge in [-0.3, -0.25) is 0 Å². The van der Waals surface area contributed by atoms with Crippen molar-refractivity contribution < 1.29 is 4.74 Å². The molecular formula is C15H23NO. The minimum Gasteiger partial charge on any atom is -0.493 e. The van der Waals surface area contributed by atoms with Crippen LogP contribution in [0.15, 0.2) is 18.2 Å². The molecule has 1 aliphatic heterocycles. The van der Waals surface area contributed by atoms with Crippen LogP contribution in [0, 0.1) is 5.92 Å². The first-order valence-corrected chi connectivity index (χ1v) is 6.64. The van der Waals surface area contributed by atoms with Gasteiger partial charge in [-0.25, -0.2) is 0 Å². The standard InChI is InChI=1S/C15H23NO/c1-5-16-14-11(4)9-17-15-12(10(2)3)7-6-8-13(14)15/h6-8,10-11,14,16H,5,9H2,1-4H3. The van der Waals surface area contributed by atoms with Gasteiger partial charge in [0.2, 0.25) is 0 Å². The van der Waals surface area contributed by atoms with Crippen LogP contribution in [0.3, 0.4) is 0 Å². The van der Waals surface area contributed by atoms with E-state index in [-0.39, 0.29) is 0 Å². The Balaban J connectivity index is 2.42. The fraction of sp³-hybridized carbons (Fsp3) is 0.600. The maximum absolute atomic E-state index is 5.96. The molecule has 2 nitrogen and oxygen atoms in total. The van der Waals surface area contributed by atoms with Gasteiger partial charge in [0.25, 0.3) is 0 Å². The summed E-state index contributed by atoms with van der Waals surface area (Å²) in [5.74, 6) is 2.16. The average Bonchev–Trinajstić information content (AvgIpc) is 2.32. The number of hydrogen-bond acceptors (Lipinski definition) is 2. The fourth-order valence-corrected chi connectivity index (χ4v) is 2.59. The summed E-state index contributed by atoms with van der Waals surface area (Å²) in [6.07, 6.45) is 0. The highest BCUT2D eigenvalue weighted by Gasteiger charge is 2.28. The van der Waals surface area contributed by atoms with Crippen molar-refractivity contribution >= 4 is 0 Å². The smallest absolute Gasteiger partial charge is 0.127 e. The van der Waals surface area contributed by atoms with E-state index in [9.17, 15) is 0 Å². The van der Waals surface area contributed by atoms with E-state index in [0.717, 1.165) is 18.9 Å². The summed E-state index contributed by atoms with van der Waals surface area (Å²) < 4.78 is 5.96. The number of hydrogen-bond donors (Lipinski definition) is 1. The molecule has 2 rings (SSSR count). The molecule has 1 aromatic rings. The summed E-state index contributed by atoms with van der Waals surface area (Å²) in [6.45, 7) is 10.7. The first kappa shape index (κ1) is 12.4. The van der Waals surface area contributed by atoms with Gasteiger partial charge in [-0.05, 0) is 18.0 Å². The van der Waals surface area contributed by atoms with Crippen LogP contribution < -0.4 is 10.1 Å². The number of fused-ring (bicyclic) bond motifs is 1. The number of nitrogens with one attached hydrogen (secondary N) is 1. The zero-order chi connectivity index (χ0) is 12.4. The van der Waals surface area contributed by atoms with E-state index < -0.39 is 0 Å². The molecule has 0 spiro atoms. The zero-order valence-corrected chi connectivity index (χ0v) is 11.3. The molecular weight excluding hydrogens is 210 g/mol. The fourth-order valence-electron chi connectivity index (χ4n) is 2.59. The van der Waals surface area contributed by atoms with Gasteiger partial charge in [0.1, 0.15) is 5.75 Å². The second-order valence-electron chi connectivity index (χ2n) is 5.24. The van der Waals surface area contributed by atoms with Gasteiger partial charge in [-0.1, -0.05) is 45.9 Å². The van der Waals surface area contributed by atoms with E-state index in [2.05, 4.69) is 51.2 Å². The van der Waals surface area contributed by atoms with Crippen LogP contribution in [0.25, 0.3) is 0 Å². The third-order valence-corrected chi connectivity index (χ3v) is 3.52. The molecule has 2 unspecified atom stereocenters. The highest BCUT2D eigenvalue weighted by molar-refractivity contribution is 5.46. The molecule has 0 aromatic heterocycles. The third-order valence-electron chi connectivity index (χ3n) is 3.52. The average molecular weight is 233 g/mol. The molecule has 0 radical (unpaired) electrons. The molecule has 0 bridgehead atoms. The zero-order valence-electron chi connectivity index (χ0n) is 11.3. The monoisotopic (exact) mass is 233 g/mol. The Labute approximate surface area is 104 Å². The normalized spacial score (nSPS) is 23.4. The van der Waals surface area contributed by atoms with Crippen LogP contribution in [0.5, 0.6) is 5.75 Å². The van der Waals surface area contributed by atoms with E-state index >= 15 is 0 Å². The summed E-state index contributed by atoms with van der Waals surface area (Å²) in [5.41, 5.74) is 2.66. The van der Waals surface area contributed by atoms with Crippen molar-refractivity contribution in [2.45, 2.75) is 39.7 Å². The Bertz CT molecular complexity index is 387. The van der Waals surface area contributed by atoms with Crippen molar-refractivity contribution in [2.24, 2.45) is 5.92 Å². The van der Waals surface area contributed by atoms with Gasteiger partial charge in [0.05, 0.1) is 6.61 Å². The molecule has 2 heteroatoms. The van der Waals surface area contributed by atoms with Crippen molar-refractivity contribution in [3.05, 3.63) is 29.3 Å². The van der Waals surface area contributed by atoms with Crippen LogP contribution in [0.1, 0.15) is 50.8 Å². The molecule has 1 heterocycles. The molecule has 17 heavy (non-hydrogen) atoms. The number of ether oxygens (including phenoxy) is 1.